The number of unbranched alkanes of at least 4 members (excludes halogenated alkanes) is 9. The van der Waals surface area contributed by atoms with E-state index in [-0.39, 0.29) is 6.42 Å². The molecule has 0 aromatic heterocycles. The van der Waals surface area contributed by atoms with Gasteiger partial charge in [-0.2, -0.15) is 0 Å². The van der Waals surface area contributed by atoms with Crippen LogP contribution in [0.1, 0.15) is 104 Å². The molecule has 1 saturated heterocycles. The van der Waals surface area contributed by atoms with Crippen LogP contribution in [0.3, 0.4) is 0 Å². The van der Waals surface area contributed by atoms with E-state index in [1.807, 2.05) is 0 Å². The van der Waals surface area contributed by atoms with Gasteiger partial charge in [0, 0.05) is 6.42 Å². The summed E-state index contributed by atoms with van der Waals surface area (Å²) in [7, 11) is 0. The molecule has 0 aromatic rings. The average Bonchev–Trinajstić information content (AvgIpc) is 2.97. The Labute approximate surface area is 249 Å². The molecule has 12 atom stereocenters. The summed E-state index contributed by atoms with van der Waals surface area (Å²) >= 11 is 0. The molecule has 12 heteroatoms. The molecule has 0 bridgehead atoms. The number of esters is 1. The first-order valence-electron chi connectivity index (χ1n) is 15.9. The van der Waals surface area contributed by atoms with E-state index in [0.717, 1.165) is 31.6 Å². The minimum Gasteiger partial charge on any atom is -0.457 e. The summed E-state index contributed by atoms with van der Waals surface area (Å²) in [6.07, 6.45) is -4.09. The van der Waals surface area contributed by atoms with Gasteiger partial charge in [0.2, 0.25) is 0 Å². The molecule has 1 heterocycles. The van der Waals surface area contributed by atoms with E-state index in [1.165, 1.54) is 51.4 Å². The van der Waals surface area contributed by atoms with Crippen molar-refractivity contribution in [1.82, 2.24) is 0 Å². The third-order valence-electron chi connectivity index (χ3n) is 8.58. The van der Waals surface area contributed by atoms with Gasteiger partial charge in [-0.05, 0) is 12.3 Å². The van der Waals surface area contributed by atoms with Gasteiger partial charge in [0.25, 0.3) is 0 Å². The highest BCUT2D eigenvalue weighted by Crippen LogP contribution is 2.31. The van der Waals surface area contributed by atoms with E-state index in [2.05, 4.69) is 13.8 Å². The van der Waals surface area contributed by atoms with Gasteiger partial charge in [0.15, 0.2) is 12.4 Å². The van der Waals surface area contributed by atoms with Crippen molar-refractivity contribution in [3.63, 3.8) is 0 Å². The lowest BCUT2D eigenvalue weighted by Crippen LogP contribution is -2.67. The summed E-state index contributed by atoms with van der Waals surface area (Å²) in [6.45, 7) is 3.81. The number of aliphatic hydroxyl groups excluding tert-OH is 8. The lowest BCUT2D eigenvalue weighted by molar-refractivity contribution is -0.340. The highest BCUT2D eigenvalue weighted by atomic mass is 16.7. The topological polar surface area (TPSA) is 207 Å². The summed E-state index contributed by atoms with van der Waals surface area (Å²) in [5, 5.41) is 81.1. The zero-order valence-corrected chi connectivity index (χ0v) is 25.2. The van der Waals surface area contributed by atoms with Crippen molar-refractivity contribution in [2.45, 2.75) is 171 Å². The van der Waals surface area contributed by atoms with Gasteiger partial charge in [-0.1, -0.05) is 90.9 Å². The molecular formula is C30H56O12. The number of carbonyl (C=O) groups excluding carboxylic acids is 1. The summed E-state index contributed by atoms with van der Waals surface area (Å²) in [5.41, 5.74) is 0. The summed E-state index contributed by atoms with van der Waals surface area (Å²) < 4.78 is 16.2. The van der Waals surface area contributed by atoms with Crippen LogP contribution in [0, 0.1) is 5.92 Å². The Morgan fingerprint density at radius 2 is 1.17 bits per heavy atom. The van der Waals surface area contributed by atoms with Crippen molar-refractivity contribution >= 4 is 5.97 Å². The normalized spacial score (nSPS) is 36.1. The van der Waals surface area contributed by atoms with Gasteiger partial charge in [-0.3, -0.25) is 4.79 Å². The van der Waals surface area contributed by atoms with Gasteiger partial charge < -0.3 is 55.1 Å². The number of hydrogen-bond donors (Lipinski definition) is 8. The monoisotopic (exact) mass is 608 g/mol. The third-order valence-corrected chi connectivity index (χ3v) is 8.58. The van der Waals surface area contributed by atoms with Crippen molar-refractivity contribution in [3.05, 3.63) is 0 Å². The molecule has 2 aliphatic rings. The molecule has 0 spiro atoms. The molecule has 2 rings (SSSR count). The fraction of sp³-hybridized carbons (Fsp3) is 0.967. The summed E-state index contributed by atoms with van der Waals surface area (Å²) in [5.74, 6) is 0.0141. The molecule has 12 unspecified atom stereocenters. The standard InChI is InChI=1S/C30H56O12/c1-3-4-5-6-8-11-14-18(2)15-12-9-7-10-13-16-20(32)41-28-25(37)23(35)24(36)26(38)29(28)42-30-27(39)22(34)21(33)19(17-31)40-30/h18-19,21-31,33-39H,3-17H2,1-2H3. The summed E-state index contributed by atoms with van der Waals surface area (Å²) in [6, 6.07) is 0. The molecule has 1 aliphatic carbocycles. The molecule has 12 nitrogen and oxygen atoms in total. The Morgan fingerprint density at radius 3 is 1.74 bits per heavy atom. The third kappa shape index (κ3) is 11.2. The second-order valence-corrected chi connectivity index (χ2v) is 12.2. The van der Waals surface area contributed by atoms with Crippen LogP contribution in [0.4, 0.5) is 0 Å². The summed E-state index contributed by atoms with van der Waals surface area (Å²) in [4.78, 5) is 12.6. The molecule has 0 amide bonds. The Balaban J connectivity index is 1.77. The van der Waals surface area contributed by atoms with Crippen LogP contribution in [0.15, 0.2) is 0 Å². The first kappa shape index (κ1) is 37.3. The number of carbonyl (C=O) groups is 1. The second kappa shape index (κ2) is 19.5. The van der Waals surface area contributed by atoms with Crippen molar-refractivity contribution in [3.8, 4) is 0 Å². The van der Waals surface area contributed by atoms with Gasteiger partial charge >= 0.3 is 5.97 Å². The average molecular weight is 609 g/mol. The minimum atomic E-state index is -1.88. The van der Waals surface area contributed by atoms with Crippen LogP contribution in [0.2, 0.25) is 0 Å². The number of ether oxygens (including phenoxy) is 3. The minimum absolute atomic E-state index is 0.0269. The van der Waals surface area contributed by atoms with Gasteiger partial charge in [0.05, 0.1) is 6.61 Å². The number of rotatable bonds is 19. The molecule has 42 heavy (non-hydrogen) atoms. The second-order valence-electron chi connectivity index (χ2n) is 12.2. The van der Waals surface area contributed by atoms with E-state index in [9.17, 15) is 45.6 Å². The van der Waals surface area contributed by atoms with Crippen molar-refractivity contribution in [2.24, 2.45) is 5.92 Å². The van der Waals surface area contributed by atoms with Crippen LogP contribution in [-0.4, -0.2) is 121 Å². The molecule has 0 radical (unpaired) electrons. The Hall–Kier alpha value is -0.930. The lowest BCUT2D eigenvalue weighted by atomic mass is 9.84. The first-order chi connectivity index (χ1) is 20.0. The maximum absolute atomic E-state index is 12.6. The van der Waals surface area contributed by atoms with Crippen molar-refractivity contribution in [2.75, 3.05) is 6.61 Å². The molecule has 248 valence electrons. The molecule has 2 fully saturated rings. The maximum Gasteiger partial charge on any atom is 0.306 e. The van der Waals surface area contributed by atoms with E-state index in [1.54, 1.807) is 0 Å². The van der Waals surface area contributed by atoms with Gasteiger partial charge in [-0.25, -0.2) is 0 Å². The van der Waals surface area contributed by atoms with Crippen LogP contribution in [0.5, 0.6) is 0 Å². The van der Waals surface area contributed by atoms with Crippen LogP contribution < -0.4 is 0 Å². The SMILES string of the molecule is CCCCCCCCC(C)CCCCCCCC(=O)OC1C(O)C(O)C(O)C(O)C1OC1OC(CO)C(O)C(O)C1O. The number of hydrogen-bond acceptors (Lipinski definition) is 12. The zero-order chi connectivity index (χ0) is 31.2. The molecule has 1 saturated carbocycles. The zero-order valence-electron chi connectivity index (χ0n) is 25.2. The molecule has 8 N–H and O–H groups in total. The molecule has 1 aliphatic heterocycles. The maximum atomic E-state index is 12.6. The Morgan fingerprint density at radius 1 is 0.667 bits per heavy atom. The predicted octanol–water partition coefficient (Wildman–Crippen LogP) is 0.658. The fourth-order valence-corrected chi connectivity index (χ4v) is 5.73. The van der Waals surface area contributed by atoms with E-state index >= 15 is 0 Å². The predicted molar refractivity (Wildman–Crippen MR) is 152 cm³/mol. The van der Waals surface area contributed by atoms with Crippen LogP contribution in [0.25, 0.3) is 0 Å². The largest absolute Gasteiger partial charge is 0.457 e. The molecule has 0 aromatic carbocycles. The van der Waals surface area contributed by atoms with E-state index in [4.69, 9.17) is 14.2 Å². The fourth-order valence-electron chi connectivity index (χ4n) is 5.73. The highest BCUT2D eigenvalue weighted by molar-refractivity contribution is 5.69. The van der Waals surface area contributed by atoms with Crippen LogP contribution in [-0.2, 0) is 19.0 Å². The lowest BCUT2D eigenvalue weighted by Gasteiger charge is -2.46. The van der Waals surface area contributed by atoms with Gasteiger partial charge in [-0.15, -0.1) is 0 Å². The van der Waals surface area contributed by atoms with E-state index in [0.29, 0.717) is 6.42 Å². The van der Waals surface area contributed by atoms with Crippen molar-refractivity contribution in [1.29, 1.82) is 0 Å². The van der Waals surface area contributed by atoms with Crippen LogP contribution >= 0.6 is 0 Å². The molecular weight excluding hydrogens is 552 g/mol. The highest BCUT2D eigenvalue weighted by Gasteiger charge is 2.54. The smallest absolute Gasteiger partial charge is 0.306 e. The first-order valence-corrected chi connectivity index (χ1v) is 15.9. The van der Waals surface area contributed by atoms with E-state index < -0.39 is 79.9 Å². The number of aliphatic hydroxyl groups is 8. The van der Waals surface area contributed by atoms with Crippen molar-refractivity contribution < 1.29 is 59.9 Å². The van der Waals surface area contributed by atoms with Gasteiger partial charge in [0.1, 0.15) is 54.9 Å². The quantitative estimate of drug-likeness (QED) is 0.0752. The Kier molecular flexibility index (Phi) is 17.3. The Bertz CT molecular complexity index is 739.